The van der Waals surface area contributed by atoms with Crippen molar-refractivity contribution in [2.75, 3.05) is 19.6 Å². The minimum Gasteiger partial charge on any atom is -0.329 e. The fourth-order valence-electron chi connectivity index (χ4n) is 1.66. The second kappa shape index (κ2) is 3.35. The van der Waals surface area contributed by atoms with Gasteiger partial charge in [-0.05, 0) is 25.8 Å². The molecule has 0 aromatic heterocycles. The molecule has 1 aliphatic heterocycles. The number of likely N-dealkylation sites (tertiary alicyclic amines) is 1. The summed E-state index contributed by atoms with van der Waals surface area (Å²) >= 11 is 0. The number of nitrogens with two attached hydrogens (primary N) is 1. The Morgan fingerprint density at radius 1 is 1.50 bits per heavy atom. The standard InChI is InChI=1S/C8H18N2/c1-7-3-5-10(6-4-9)8(7)2/h7-8H,3-6,9H2,1-2H3. The molecule has 2 unspecified atom stereocenters. The average Bonchev–Trinajstić information content (AvgIpc) is 2.20. The smallest absolute Gasteiger partial charge is 0.0108 e. The number of hydrogen-bond acceptors (Lipinski definition) is 2. The normalized spacial score (nSPS) is 35.1. The van der Waals surface area contributed by atoms with Crippen molar-refractivity contribution in [2.45, 2.75) is 26.3 Å². The predicted octanol–water partition coefficient (Wildman–Crippen LogP) is 0.675. The van der Waals surface area contributed by atoms with E-state index >= 15 is 0 Å². The van der Waals surface area contributed by atoms with Crippen molar-refractivity contribution in [1.29, 1.82) is 0 Å². The van der Waals surface area contributed by atoms with Crippen LogP contribution in [0.5, 0.6) is 0 Å². The van der Waals surface area contributed by atoms with Gasteiger partial charge in [0.2, 0.25) is 0 Å². The summed E-state index contributed by atoms with van der Waals surface area (Å²) in [4.78, 5) is 2.48. The zero-order valence-electron chi connectivity index (χ0n) is 7.01. The van der Waals surface area contributed by atoms with Gasteiger partial charge in [-0.3, -0.25) is 4.90 Å². The molecule has 0 aromatic carbocycles. The third-order valence-corrected chi connectivity index (χ3v) is 2.69. The molecule has 60 valence electrons. The van der Waals surface area contributed by atoms with E-state index in [9.17, 15) is 0 Å². The average molecular weight is 142 g/mol. The van der Waals surface area contributed by atoms with Gasteiger partial charge in [0.15, 0.2) is 0 Å². The molecule has 2 atom stereocenters. The van der Waals surface area contributed by atoms with Crippen molar-refractivity contribution in [2.24, 2.45) is 11.7 Å². The highest BCUT2D eigenvalue weighted by molar-refractivity contribution is 4.80. The number of nitrogens with zero attached hydrogens (tertiary/aromatic N) is 1. The van der Waals surface area contributed by atoms with Crippen LogP contribution in [-0.4, -0.2) is 30.6 Å². The summed E-state index contributed by atoms with van der Waals surface area (Å²) in [7, 11) is 0. The predicted molar refractivity (Wildman–Crippen MR) is 43.9 cm³/mol. The summed E-state index contributed by atoms with van der Waals surface area (Å²) in [5.41, 5.74) is 5.47. The van der Waals surface area contributed by atoms with E-state index in [2.05, 4.69) is 18.7 Å². The van der Waals surface area contributed by atoms with Crippen molar-refractivity contribution in [1.82, 2.24) is 4.90 Å². The van der Waals surface area contributed by atoms with Crippen LogP contribution < -0.4 is 5.73 Å². The van der Waals surface area contributed by atoms with E-state index in [-0.39, 0.29) is 0 Å². The quantitative estimate of drug-likeness (QED) is 0.614. The molecule has 1 saturated heterocycles. The molecule has 1 rings (SSSR count). The Hall–Kier alpha value is -0.0800. The molecular weight excluding hydrogens is 124 g/mol. The lowest BCUT2D eigenvalue weighted by molar-refractivity contribution is 0.254. The van der Waals surface area contributed by atoms with Gasteiger partial charge in [-0.1, -0.05) is 6.92 Å². The molecule has 1 aliphatic rings. The van der Waals surface area contributed by atoms with Gasteiger partial charge in [0.25, 0.3) is 0 Å². The van der Waals surface area contributed by atoms with Crippen molar-refractivity contribution in [3.05, 3.63) is 0 Å². The van der Waals surface area contributed by atoms with Crippen LogP contribution in [0.1, 0.15) is 20.3 Å². The van der Waals surface area contributed by atoms with Crippen LogP contribution in [0.15, 0.2) is 0 Å². The van der Waals surface area contributed by atoms with Crippen molar-refractivity contribution < 1.29 is 0 Å². The Morgan fingerprint density at radius 3 is 2.60 bits per heavy atom. The first-order valence-electron chi connectivity index (χ1n) is 4.20. The maximum atomic E-state index is 5.47. The summed E-state index contributed by atoms with van der Waals surface area (Å²) in [5, 5.41) is 0. The Morgan fingerprint density at radius 2 is 2.20 bits per heavy atom. The second-order valence-electron chi connectivity index (χ2n) is 3.33. The van der Waals surface area contributed by atoms with Crippen LogP contribution >= 0.6 is 0 Å². The maximum absolute atomic E-state index is 5.47. The van der Waals surface area contributed by atoms with Gasteiger partial charge in [-0.25, -0.2) is 0 Å². The van der Waals surface area contributed by atoms with Gasteiger partial charge in [-0.15, -0.1) is 0 Å². The lowest BCUT2D eigenvalue weighted by Crippen LogP contribution is -2.33. The second-order valence-corrected chi connectivity index (χ2v) is 3.33. The molecule has 10 heavy (non-hydrogen) atoms. The first kappa shape index (κ1) is 8.02. The molecule has 0 amide bonds. The Bertz CT molecular complexity index is 101. The highest BCUT2D eigenvalue weighted by Crippen LogP contribution is 2.22. The molecule has 0 aromatic rings. The van der Waals surface area contributed by atoms with Gasteiger partial charge < -0.3 is 5.73 Å². The van der Waals surface area contributed by atoms with E-state index in [1.54, 1.807) is 0 Å². The summed E-state index contributed by atoms with van der Waals surface area (Å²) in [5.74, 6) is 0.867. The largest absolute Gasteiger partial charge is 0.329 e. The highest BCUT2D eigenvalue weighted by Gasteiger charge is 2.25. The molecule has 1 fully saturated rings. The van der Waals surface area contributed by atoms with Gasteiger partial charge >= 0.3 is 0 Å². The number of rotatable bonds is 2. The first-order chi connectivity index (χ1) is 4.75. The van der Waals surface area contributed by atoms with Crippen LogP contribution in [-0.2, 0) is 0 Å². The zero-order valence-corrected chi connectivity index (χ0v) is 7.01. The van der Waals surface area contributed by atoms with Crippen LogP contribution in [0, 0.1) is 5.92 Å². The third kappa shape index (κ3) is 1.50. The van der Waals surface area contributed by atoms with Crippen LogP contribution in [0.4, 0.5) is 0 Å². The molecule has 2 nitrogen and oxygen atoms in total. The van der Waals surface area contributed by atoms with E-state index in [1.807, 2.05) is 0 Å². The van der Waals surface area contributed by atoms with Crippen LogP contribution in [0.2, 0.25) is 0 Å². The lowest BCUT2D eigenvalue weighted by Gasteiger charge is -2.21. The molecule has 2 heteroatoms. The monoisotopic (exact) mass is 142 g/mol. The maximum Gasteiger partial charge on any atom is 0.0108 e. The molecule has 0 aliphatic carbocycles. The number of hydrogen-bond donors (Lipinski definition) is 1. The van der Waals surface area contributed by atoms with Crippen LogP contribution in [0.3, 0.4) is 0 Å². The first-order valence-corrected chi connectivity index (χ1v) is 4.20. The van der Waals surface area contributed by atoms with E-state index in [4.69, 9.17) is 5.73 Å². The van der Waals surface area contributed by atoms with Gasteiger partial charge in [0.05, 0.1) is 0 Å². The van der Waals surface area contributed by atoms with E-state index < -0.39 is 0 Å². The fourth-order valence-corrected chi connectivity index (χ4v) is 1.66. The van der Waals surface area contributed by atoms with Gasteiger partial charge in [-0.2, -0.15) is 0 Å². The molecule has 0 spiro atoms. The Balaban J connectivity index is 2.33. The molecular formula is C8H18N2. The van der Waals surface area contributed by atoms with Crippen LogP contribution in [0.25, 0.3) is 0 Å². The topological polar surface area (TPSA) is 29.3 Å². The lowest BCUT2D eigenvalue weighted by atomic mass is 10.1. The van der Waals surface area contributed by atoms with Gasteiger partial charge in [0, 0.05) is 19.1 Å². The summed E-state index contributed by atoms with van der Waals surface area (Å²) in [6.45, 7) is 7.75. The molecule has 0 bridgehead atoms. The highest BCUT2D eigenvalue weighted by atomic mass is 15.2. The van der Waals surface area contributed by atoms with E-state index in [0.717, 1.165) is 25.0 Å². The van der Waals surface area contributed by atoms with E-state index in [0.29, 0.717) is 0 Å². The summed E-state index contributed by atoms with van der Waals surface area (Å²) in [6.07, 6.45) is 1.35. The van der Waals surface area contributed by atoms with E-state index in [1.165, 1.54) is 13.0 Å². The van der Waals surface area contributed by atoms with Crippen molar-refractivity contribution in [3.8, 4) is 0 Å². The van der Waals surface area contributed by atoms with Crippen molar-refractivity contribution >= 4 is 0 Å². The summed E-state index contributed by atoms with van der Waals surface area (Å²) < 4.78 is 0. The zero-order chi connectivity index (χ0) is 7.56. The van der Waals surface area contributed by atoms with Gasteiger partial charge in [0.1, 0.15) is 0 Å². The Kier molecular flexibility index (Phi) is 2.69. The minimum absolute atomic E-state index is 0.753. The minimum atomic E-state index is 0.753. The SMILES string of the molecule is CC1CCN(CCN)C1C. The molecule has 2 N–H and O–H groups in total. The third-order valence-electron chi connectivity index (χ3n) is 2.69. The van der Waals surface area contributed by atoms with Crippen molar-refractivity contribution in [3.63, 3.8) is 0 Å². The fraction of sp³-hybridized carbons (Fsp3) is 1.00. The summed E-state index contributed by atoms with van der Waals surface area (Å²) in [6, 6.07) is 0.753. The molecule has 0 saturated carbocycles. The molecule has 0 radical (unpaired) electrons. The Labute approximate surface area is 63.4 Å². The molecule has 1 heterocycles.